The standard InChI is InChI=1S/C15H16BrNO4/c1-15(2,3)10-6-8(16)5-9(13(10)20-4)11-7-12(14(18)19)21-17-11/h5-7H,1-4H3,(H,18,19). The Morgan fingerprint density at radius 2 is 2.00 bits per heavy atom. The molecule has 0 aliphatic rings. The van der Waals surface area contributed by atoms with Crippen molar-refractivity contribution >= 4 is 21.9 Å². The van der Waals surface area contributed by atoms with Gasteiger partial charge >= 0.3 is 5.97 Å². The van der Waals surface area contributed by atoms with Crippen molar-refractivity contribution in [2.45, 2.75) is 26.2 Å². The van der Waals surface area contributed by atoms with Gasteiger partial charge < -0.3 is 14.4 Å². The summed E-state index contributed by atoms with van der Waals surface area (Å²) in [5.41, 5.74) is 1.97. The second-order valence-electron chi connectivity index (χ2n) is 5.67. The molecule has 0 amide bonds. The molecule has 1 aromatic heterocycles. The molecule has 1 N–H and O–H groups in total. The number of hydrogen-bond acceptors (Lipinski definition) is 4. The Morgan fingerprint density at radius 3 is 2.48 bits per heavy atom. The van der Waals surface area contributed by atoms with Crippen LogP contribution in [-0.2, 0) is 5.41 Å². The largest absolute Gasteiger partial charge is 0.496 e. The fourth-order valence-electron chi connectivity index (χ4n) is 2.06. The third-order valence-electron chi connectivity index (χ3n) is 3.06. The van der Waals surface area contributed by atoms with E-state index in [1.165, 1.54) is 6.07 Å². The van der Waals surface area contributed by atoms with Gasteiger partial charge in [0.15, 0.2) is 0 Å². The molecular weight excluding hydrogens is 338 g/mol. The van der Waals surface area contributed by atoms with E-state index < -0.39 is 5.97 Å². The van der Waals surface area contributed by atoms with Gasteiger partial charge in [0, 0.05) is 21.7 Å². The van der Waals surface area contributed by atoms with Crippen LogP contribution in [-0.4, -0.2) is 23.3 Å². The van der Waals surface area contributed by atoms with Gasteiger partial charge in [-0.1, -0.05) is 41.9 Å². The first kappa shape index (κ1) is 15.6. The Kier molecular flexibility index (Phi) is 4.09. The summed E-state index contributed by atoms with van der Waals surface area (Å²) in [6.45, 7) is 6.23. The summed E-state index contributed by atoms with van der Waals surface area (Å²) in [6.07, 6.45) is 0. The minimum atomic E-state index is -1.15. The number of methoxy groups -OCH3 is 1. The SMILES string of the molecule is COc1c(-c2cc(C(=O)O)on2)cc(Br)cc1C(C)(C)C. The first-order chi connectivity index (χ1) is 9.74. The lowest BCUT2D eigenvalue weighted by Crippen LogP contribution is -2.13. The fourth-order valence-corrected chi connectivity index (χ4v) is 2.52. The summed E-state index contributed by atoms with van der Waals surface area (Å²) < 4.78 is 11.2. The molecule has 1 heterocycles. The van der Waals surface area contributed by atoms with Crippen LogP contribution in [0.4, 0.5) is 0 Å². The summed E-state index contributed by atoms with van der Waals surface area (Å²) in [7, 11) is 1.58. The molecule has 6 heteroatoms. The van der Waals surface area contributed by atoms with Gasteiger partial charge in [0.1, 0.15) is 11.4 Å². The molecule has 0 bridgehead atoms. The first-order valence-electron chi connectivity index (χ1n) is 6.32. The highest BCUT2D eigenvalue weighted by Crippen LogP contribution is 2.41. The van der Waals surface area contributed by atoms with Crippen LogP contribution < -0.4 is 4.74 Å². The molecule has 2 aromatic rings. The van der Waals surface area contributed by atoms with Gasteiger partial charge in [0.05, 0.1) is 7.11 Å². The molecule has 2 rings (SSSR count). The smallest absolute Gasteiger partial charge is 0.374 e. The molecule has 0 unspecified atom stereocenters. The number of carboxylic acids is 1. The van der Waals surface area contributed by atoms with Crippen LogP contribution in [0.2, 0.25) is 0 Å². The van der Waals surface area contributed by atoms with E-state index in [-0.39, 0.29) is 11.2 Å². The lowest BCUT2D eigenvalue weighted by atomic mass is 9.85. The molecule has 0 fully saturated rings. The van der Waals surface area contributed by atoms with Crippen molar-refractivity contribution in [1.29, 1.82) is 0 Å². The third-order valence-corrected chi connectivity index (χ3v) is 3.52. The molecule has 21 heavy (non-hydrogen) atoms. The fraction of sp³-hybridized carbons (Fsp3) is 0.333. The zero-order valence-electron chi connectivity index (χ0n) is 12.2. The molecule has 0 atom stereocenters. The van der Waals surface area contributed by atoms with Gasteiger partial charge in [-0.15, -0.1) is 0 Å². The predicted octanol–water partition coefficient (Wildman–Crippen LogP) is 4.11. The highest BCUT2D eigenvalue weighted by Gasteiger charge is 2.24. The number of carbonyl (C=O) groups is 1. The van der Waals surface area contributed by atoms with Crippen LogP contribution in [0.25, 0.3) is 11.3 Å². The topological polar surface area (TPSA) is 72.6 Å². The monoisotopic (exact) mass is 353 g/mol. The van der Waals surface area contributed by atoms with Gasteiger partial charge in [-0.2, -0.15) is 0 Å². The van der Waals surface area contributed by atoms with Crippen LogP contribution in [0.1, 0.15) is 36.9 Å². The predicted molar refractivity (Wildman–Crippen MR) is 81.9 cm³/mol. The summed E-state index contributed by atoms with van der Waals surface area (Å²) in [5, 5.41) is 12.8. The Balaban J connectivity index is 2.67. The van der Waals surface area contributed by atoms with Gasteiger partial charge in [-0.25, -0.2) is 4.79 Å². The maximum Gasteiger partial charge on any atom is 0.374 e. The number of ether oxygens (including phenoxy) is 1. The van der Waals surface area contributed by atoms with Crippen LogP contribution in [0, 0.1) is 0 Å². The first-order valence-corrected chi connectivity index (χ1v) is 7.11. The van der Waals surface area contributed by atoms with Crippen molar-refractivity contribution in [2.24, 2.45) is 0 Å². The Hall–Kier alpha value is -1.82. The van der Waals surface area contributed by atoms with E-state index in [0.717, 1.165) is 10.0 Å². The minimum Gasteiger partial charge on any atom is -0.496 e. The molecule has 0 saturated heterocycles. The van der Waals surface area contributed by atoms with Crippen molar-refractivity contribution < 1.29 is 19.2 Å². The van der Waals surface area contributed by atoms with Gasteiger partial charge in [-0.05, 0) is 17.5 Å². The van der Waals surface area contributed by atoms with Crippen molar-refractivity contribution in [1.82, 2.24) is 5.16 Å². The van der Waals surface area contributed by atoms with Crippen molar-refractivity contribution in [2.75, 3.05) is 7.11 Å². The molecule has 0 saturated carbocycles. The van der Waals surface area contributed by atoms with Gasteiger partial charge in [-0.3, -0.25) is 0 Å². The van der Waals surface area contributed by atoms with E-state index in [2.05, 4.69) is 41.9 Å². The number of benzene rings is 1. The molecule has 0 aliphatic heterocycles. The van der Waals surface area contributed by atoms with Crippen molar-refractivity contribution in [3.63, 3.8) is 0 Å². The quantitative estimate of drug-likeness (QED) is 0.898. The number of nitrogens with zero attached hydrogens (tertiary/aromatic N) is 1. The summed E-state index contributed by atoms with van der Waals surface area (Å²) in [5.74, 6) is -0.695. The molecular formula is C15H16BrNO4. The zero-order chi connectivity index (χ0) is 15.8. The van der Waals surface area contributed by atoms with Gasteiger partial charge in [0.25, 0.3) is 0 Å². The van der Waals surface area contributed by atoms with E-state index in [9.17, 15) is 4.79 Å². The van der Waals surface area contributed by atoms with E-state index in [1.807, 2.05) is 12.1 Å². The Bertz CT molecular complexity index is 685. The molecule has 0 radical (unpaired) electrons. The van der Waals surface area contributed by atoms with Crippen LogP contribution in [0.3, 0.4) is 0 Å². The highest BCUT2D eigenvalue weighted by atomic mass is 79.9. The second-order valence-corrected chi connectivity index (χ2v) is 6.58. The van der Waals surface area contributed by atoms with E-state index in [1.54, 1.807) is 7.11 Å². The maximum absolute atomic E-state index is 10.9. The van der Waals surface area contributed by atoms with E-state index in [0.29, 0.717) is 17.0 Å². The number of halogens is 1. The summed E-state index contributed by atoms with van der Waals surface area (Å²) in [4.78, 5) is 10.9. The number of aromatic nitrogens is 1. The number of carboxylic acid groups (broad SMARTS) is 1. The highest BCUT2D eigenvalue weighted by molar-refractivity contribution is 9.10. The maximum atomic E-state index is 10.9. The summed E-state index contributed by atoms with van der Waals surface area (Å²) >= 11 is 3.47. The summed E-state index contributed by atoms with van der Waals surface area (Å²) in [6, 6.07) is 5.21. The number of hydrogen-bond donors (Lipinski definition) is 1. The van der Waals surface area contributed by atoms with Crippen LogP contribution in [0.15, 0.2) is 27.2 Å². The second kappa shape index (κ2) is 5.52. The van der Waals surface area contributed by atoms with Crippen LogP contribution >= 0.6 is 15.9 Å². The normalized spacial score (nSPS) is 11.5. The Morgan fingerprint density at radius 1 is 1.33 bits per heavy atom. The molecule has 1 aromatic carbocycles. The number of rotatable bonds is 3. The lowest BCUT2D eigenvalue weighted by Gasteiger charge is -2.24. The lowest BCUT2D eigenvalue weighted by molar-refractivity contribution is 0.0652. The average Bonchev–Trinajstić information content (AvgIpc) is 2.86. The van der Waals surface area contributed by atoms with E-state index in [4.69, 9.17) is 14.4 Å². The number of aromatic carboxylic acids is 1. The van der Waals surface area contributed by atoms with Gasteiger partial charge in [0.2, 0.25) is 5.76 Å². The van der Waals surface area contributed by atoms with Crippen molar-refractivity contribution in [3.05, 3.63) is 34.0 Å². The molecule has 0 aliphatic carbocycles. The Labute approximate surface area is 131 Å². The molecule has 112 valence electrons. The van der Waals surface area contributed by atoms with Crippen molar-refractivity contribution in [3.8, 4) is 17.0 Å². The average molecular weight is 354 g/mol. The third kappa shape index (κ3) is 3.10. The molecule has 5 nitrogen and oxygen atoms in total. The molecule has 0 spiro atoms. The minimum absolute atomic E-state index is 0.136. The van der Waals surface area contributed by atoms with Crippen LogP contribution in [0.5, 0.6) is 5.75 Å². The van der Waals surface area contributed by atoms with E-state index >= 15 is 0 Å². The zero-order valence-corrected chi connectivity index (χ0v) is 13.8.